The minimum Gasteiger partial charge on any atom is -0.477 e. The van der Waals surface area contributed by atoms with Crippen LogP contribution in [0.25, 0.3) is 10.9 Å². The summed E-state index contributed by atoms with van der Waals surface area (Å²) in [7, 11) is 0. The number of H-pyrrole nitrogens is 1. The molecule has 3 N–H and O–H groups in total. The molecule has 0 unspecified atom stereocenters. The topological polar surface area (TPSA) is 108 Å². The first kappa shape index (κ1) is 14.6. The van der Waals surface area contributed by atoms with Crippen molar-refractivity contribution in [1.29, 1.82) is 0 Å². The van der Waals surface area contributed by atoms with Gasteiger partial charge in [0.25, 0.3) is 5.69 Å². The van der Waals surface area contributed by atoms with Gasteiger partial charge in [-0.2, -0.15) is 0 Å². The highest BCUT2D eigenvalue weighted by Crippen LogP contribution is 2.33. The summed E-state index contributed by atoms with van der Waals surface area (Å²) in [4.78, 5) is 24.3. The van der Waals surface area contributed by atoms with Crippen molar-refractivity contribution in [2.24, 2.45) is 0 Å². The van der Waals surface area contributed by atoms with Gasteiger partial charge in [0.1, 0.15) is 11.2 Å². The van der Waals surface area contributed by atoms with Crippen LogP contribution in [-0.2, 0) is 0 Å². The molecule has 0 spiro atoms. The van der Waals surface area contributed by atoms with E-state index in [4.69, 9.17) is 5.11 Å². The number of benzene rings is 2. The van der Waals surface area contributed by atoms with Gasteiger partial charge in [-0.05, 0) is 36.8 Å². The molecule has 7 heteroatoms. The molecule has 3 aromatic rings. The maximum atomic E-state index is 11.1. The van der Waals surface area contributed by atoms with Crippen LogP contribution < -0.4 is 5.32 Å². The highest BCUT2D eigenvalue weighted by atomic mass is 16.6. The first-order chi connectivity index (χ1) is 11.0. The average Bonchev–Trinajstić information content (AvgIpc) is 2.93. The van der Waals surface area contributed by atoms with Gasteiger partial charge in [-0.25, -0.2) is 4.79 Å². The second-order valence-corrected chi connectivity index (χ2v) is 5.16. The predicted octanol–water partition coefficient (Wildman–Crippen LogP) is 3.83. The molecule has 0 radical (unpaired) electrons. The summed E-state index contributed by atoms with van der Waals surface area (Å²) in [5.74, 6) is -1.17. The molecule has 0 fully saturated rings. The third-order valence-corrected chi connectivity index (χ3v) is 3.50. The monoisotopic (exact) mass is 311 g/mol. The second kappa shape index (κ2) is 5.45. The van der Waals surface area contributed by atoms with Crippen LogP contribution >= 0.6 is 0 Å². The highest BCUT2D eigenvalue weighted by molar-refractivity contribution is 6.03. The molecule has 1 aromatic heterocycles. The van der Waals surface area contributed by atoms with Gasteiger partial charge < -0.3 is 15.4 Å². The quantitative estimate of drug-likeness (QED) is 0.501. The molecule has 2 aromatic carbocycles. The van der Waals surface area contributed by atoms with Gasteiger partial charge in [0, 0.05) is 22.8 Å². The third kappa shape index (κ3) is 2.71. The Hall–Kier alpha value is -3.35. The number of rotatable bonds is 4. The van der Waals surface area contributed by atoms with E-state index in [1.165, 1.54) is 12.1 Å². The van der Waals surface area contributed by atoms with Gasteiger partial charge in [-0.3, -0.25) is 10.1 Å². The third-order valence-electron chi connectivity index (χ3n) is 3.50. The Kier molecular flexibility index (Phi) is 3.46. The van der Waals surface area contributed by atoms with Gasteiger partial charge in [0.15, 0.2) is 0 Å². The molecular weight excluding hydrogens is 298 g/mol. The van der Waals surface area contributed by atoms with Crippen LogP contribution in [0.1, 0.15) is 16.1 Å². The fourth-order valence-corrected chi connectivity index (χ4v) is 2.46. The maximum Gasteiger partial charge on any atom is 0.352 e. The molecule has 23 heavy (non-hydrogen) atoms. The van der Waals surface area contributed by atoms with Gasteiger partial charge in [-0.15, -0.1) is 0 Å². The van der Waals surface area contributed by atoms with Gasteiger partial charge >= 0.3 is 5.97 Å². The fraction of sp³-hybridized carbons (Fsp3) is 0.0625. The number of anilines is 2. The Morgan fingerprint density at radius 1 is 1.26 bits per heavy atom. The van der Waals surface area contributed by atoms with E-state index in [0.717, 1.165) is 11.3 Å². The van der Waals surface area contributed by atoms with E-state index in [0.29, 0.717) is 11.1 Å². The van der Waals surface area contributed by atoms with Crippen molar-refractivity contribution in [3.8, 4) is 0 Å². The Labute approximate surface area is 130 Å². The van der Waals surface area contributed by atoms with Crippen LogP contribution in [0.2, 0.25) is 0 Å². The first-order valence-electron chi connectivity index (χ1n) is 6.83. The Morgan fingerprint density at radius 2 is 2.04 bits per heavy atom. The van der Waals surface area contributed by atoms with E-state index in [-0.39, 0.29) is 16.9 Å². The van der Waals surface area contributed by atoms with Crippen molar-refractivity contribution in [3.05, 3.63) is 63.8 Å². The van der Waals surface area contributed by atoms with Gasteiger partial charge in [0.2, 0.25) is 0 Å². The molecule has 0 saturated heterocycles. The summed E-state index contributed by atoms with van der Waals surface area (Å²) < 4.78 is 0. The second-order valence-electron chi connectivity index (χ2n) is 5.16. The number of aryl methyl sites for hydroxylation is 1. The molecule has 0 aliphatic carbocycles. The smallest absolute Gasteiger partial charge is 0.352 e. The number of nitro benzene ring substituents is 1. The zero-order valence-electron chi connectivity index (χ0n) is 12.2. The number of nitrogens with zero attached hydrogens (tertiary/aromatic N) is 1. The van der Waals surface area contributed by atoms with E-state index in [1.54, 1.807) is 6.07 Å². The maximum absolute atomic E-state index is 11.1. The molecule has 7 nitrogen and oxygen atoms in total. The number of hydrogen-bond donors (Lipinski definition) is 3. The van der Waals surface area contributed by atoms with Crippen molar-refractivity contribution in [2.75, 3.05) is 5.32 Å². The first-order valence-corrected chi connectivity index (χ1v) is 6.83. The number of carboxylic acid groups (broad SMARTS) is 1. The van der Waals surface area contributed by atoms with E-state index in [9.17, 15) is 14.9 Å². The number of carboxylic acids is 1. The summed E-state index contributed by atoms with van der Waals surface area (Å²) in [6, 6.07) is 12.0. The summed E-state index contributed by atoms with van der Waals surface area (Å²) >= 11 is 0. The van der Waals surface area contributed by atoms with Gasteiger partial charge in [-0.1, -0.05) is 12.1 Å². The molecule has 0 atom stereocenters. The molecular formula is C16H13N3O4. The number of nitro groups is 1. The number of nitrogens with one attached hydrogen (secondary N) is 2. The van der Waals surface area contributed by atoms with Crippen molar-refractivity contribution < 1.29 is 14.8 Å². The summed E-state index contributed by atoms with van der Waals surface area (Å²) in [5.41, 5.74) is 2.40. The van der Waals surface area contributed by atoms with Crippen molar-refractivity contribution in [2.45, 2.75) is 6.92 Å². The summed E-state index contributed by atoms with van der Waals surface area (Å²) in [6.07, 6.45) is 0. The van der Waals surface area contributed by atoms with E-state index >= 15 is 0 Å². The number of aromatic amines is 1. The molecule has 116 valence electrons. The van der Waals surface area contributed by atoms with Crippen LogP contribution in [0, 0.1) is 17.0 Å². The highest BCUT2D eigenvalue weighted by Gasteiger charge is 2.19. The number of aromatic carboxylic acids is 1. The lowest BCUT2D eigenvalue weighted by atomic mass is 10.1. The zero-order valence-corrected chi connectivity index (χ0v) is 12.2. The minimum atomic E-state index is -1.17. The van der Waals surface area contributed by atoms with Crippen molar-refractivity contribution >= 4 is 33.9 Å². The molecule has 0 saturated carbocycles. The number of fused-ring (bicyclic) bond motifs is 1. The fourth-order valence-electron chi connectivity index (χ4n) is 2.46. The lowest BCUT2D eigenvalue weighted by molar-refractivity contribution is -0.383. The SMILES string of the molecule is Cc1cccc(Nc2ccc([N+](=O)[O-])c3[nH]c(C(=O)O)cc23)c1. The summed E-state index contributed by atoms with van der Waals surface area (Å²) in [6.45, 7) is 1.95. The lowest BCUT2D eigenvalue weighted by Crippen LogP contribution is -1.95. The number of aromatic nitrogens is 1. The van der Waals surface area contributed by atoms with E-state index < -0.39 is 10.9 Å². The summed E-state index contributed by atoms with van der Waals surface area (Å²) in [5, 5.41) is 23.9. The lowest BCUT2D eigenvalue weighted by Gasteiger charge is -2.08. The normalized spacial score (nSPS) is 10.7. The van der Waals surface area contributed by atoms with Crippen molar-refractivity contribution in [3.63, 3.8) is 0 Å². The van der Waals surface area contributed by atoms with Crippen LogP contribution in [0.3, 0.4) is 0 Å². The Bertz CT molecular complexity index is 930. The molecule has 1 heterocycles. The van der Waals surface area contributed by atoms with Crippen LogP contribution in [0.5, 0.6) is 0 Å². The molecule has 0 aliphatic heterocycles. The Morgan fingerprint density at radius 3 is 2.70 bits per heavy atom. The van der Waals surface area contributed by atoms with E-state index in [1.807, 2.05) is 31.2 Å². The molecule has 0 bridgehead atoms. The van der Waals surface area contributed by atoms with Crippen LogP contribution in [0.15, 0.2) is 42.5 Å². The average molecular weight is 311 g/mol. The van der Waals surface area contributed by atoms with Crippen LogP contribution in [0.4, 0.5) is 17.1 Å². The molecule has 0 amide bonds. The van der Waals surface area contributed by atoms with E-state index in [2.05, 4.69) is 10.3 Å². The predicted molar refractivity (Wildman–Crippen MR) is 86.4 cm³/mol. The van der Waals surface area contributed by atoms with Crippen molar-refractivity contribution in [1.82, 2.24) is 4.98 Å². The number of carbonyl (C=O) groups is 1. The molecule has 3 rings (SSSR count). The standard InChI is InChI=1S/C16H13N3O4/c1-9-3-2-4-10(7-9)17-12-5-6-14(19(22)23)15-11(12)8-13(18-15)16(20)21/h2-8,17-18H,1H3,(H,20,21). The van der Waals surface area contributed by atoms with Gasteiger partial charge in [0.05, 0.1) is 4.92 Å². The molecule has 0 aliphatic rings. The Balaban J connectivity index is 2.15. The number of non-ortho nitro benzene ring substituents is 1. The number of hydrogen-bond acceptors (Lipinski definition) is 4. The largest absolute Gasteiger partial charge is 0.477 e. The zero-order chi connectivity index (χ0) is 16.6. The minimum absolute atomic E-state index is 0.0957. The van der Waals surface area contributed by atoms with Crippen LogP contribution in [-0.4, -0.2) is 21.0 Å².